The Morgan fingerprint density at radius 2 is 0.964 bits per heavy atom. The van der Waals surface area contributed by atoms with Crippen LogP contribution in [0, 0.1) is 0 Å². The second-order valence-corrected chi connectivity index (χ2v) is 16.7. The van der Waals surface area contributed by atoms with Crippen molar-refractivity contribution in [2.24, 2.45) is 0 Å². The van der Waals surface area contributed by atoms with Crippen molar-refractivity contribution in [2.45, 2.75) is 225 Å². The number of allylic oxidation sites excluding steroid dienone is 2. The molecule has 0 heterocycles. The summed E-state index contributed by atoms with van der Waals surface area (Å²) in [5, 5.41) is 21.8. The van der Waals surface area contributed by atoms with Crippen molar-refractivity contribution in [3.05, 3.63) is 12.2 Å². The first kappa shape index (κ1) is 53.2. The fourth-order valence-electron chi connectivity index (χ4n) is 6.30. The molecule has 55 heavy (non-hydrogen) atoms. The average Bonchev–Trinajstić information content (AvgIpc) is 3.16. The summed E-state index contributed by atoms with van der Waals surface area (Å²) < 4.78 is 26.8. The lowest BCUT2D eigenvalue weighted by molar-refractivity contribution is -0.147. The van der Waals surface area contributed by atoms with E-state index >= 15 is 0 Å². The van der Waals surface area contributed by atoms with Gasteiger partial charge in [0.05, 0.1) is 13.2 Å². The zero-order valence-corrected chi connectivity index (χ0v) is 35.9. The molecule has 0 aromatic carbocycles. The van der Waals surface area contributed by atoms with Gasteiger partial charge in [0, 0.05) is 12.8 Å². The molecule has 0 aliphatic heterocycles. The van der Waals surface area contributed by atoms with Crippen LogP contribution in [0.15, 0.2) is 12.2 Å². The number of aliphatic carboxylic acids is 1. The molecule has 11 nitrogen and oxygen atoms in total. The van der Waals surface area contributed by atoms with Crippen molar-refractivity contribution in [3.63, 3.8) is 0 Å². The highest BCUT2D eigenvalue weighted by atomic mass is 31.2. The van der Waals surface area contributed by atoms with Crippen molar-refractivity contribution in [2.75, 3.05) is 19.8 Å². The van der Waals surface area contributed by atoms with Crippen LogP contribution in [-0.4, -0.2) is 64.9 Å². The van der Waals surface area contributed by atoms with Gasteiger partial charge in [0.1, 0.15) is 12.7 Å². The minimum atomic E-state index is -4.75. The first-order valence-electron chi connectivity index (χ1n) is 22.2. The number of amides is 1. The third kappa shape index (κ3) is 38.9. The van der Waals surface area contributed by atoms with Gasteiger partial charge in [0.2, 0.25) is 5.91 Å². The molecule has 0 saturated carbocycles. The normalized spacial score (nSPS) is 13.8. The summed E-state index contributed by atoms with van der Waals surface area (Å²) in [6.45, 7) is 2.56. The summed E-state index contributed by atoms with van der Waals surface area (Å²) in [4.78, 5) is 45.8. The topological polar surface area (TPSA) is 169 Å². The minimum Gasteiger partial charge on any atom is -0.480 e. The van der Waals surface area contributed by atoms with E-state index in [1.807, 2.05) is 0 Å². The molecule has 0 aromatic heterocycles. The number of carbonyl (C=O) groups is 3. The Kier molecular flexibility index (Phi) is 37.8. The highest BCUT2D eigenvalue weighted by Crippen LogP contribution is 2.43. The van der Waals surface area contributed by atoms with Crippen molar-refractivity contribution in [1.29, 1.82) is 0 Å². The van der Waals surface area contributed by atoms with Gasteiger partial charge in [-0.15, -0.1) is 0 Å². The molecule has 0 spiro atoms. The third-order valence-corrected chi connectivity index (χ3v) is 10.8. The molecule has 4 N–H and O–H groups in total. The predicted molar refractivity (Wildman–Crippen MR) is 222 cm³/mol. The first-order valence-corrected chi connectivity index (χ1v) is 23.7. The number of carboxylic acids is 1. The van der Waals surface area contributed by atoms with Gasteiger partial charge in [0.25, 0.3) is 0 Å². The van der Waals surface area contributed by atoms with Crippen molar-refractivity contribution < 1.29 is 47.8 Å². The molecule has 0 radical (unpaired) electrons. The number of nitrogens with one attached hydrogen (secondary N) is 1. The number of rotatable bonds is 42. The summed E-state index contributed by atoms with van der Waals surface area (Å²) in [7, 11) is -4.75. The van der Waals surface area contributed by atoms with Crippen molar-refractivity contribution >= 4 is 25.7 Å². The van der Waals surface area contributed by atoms with Crippen LogP contribution >= 0.6 is 7.82 Å². The molecule has 0 saturated heterocycles. The molecule has 0 rings (SSSR count). The van der Waals surface area contributed by atoms with Crippen LogP contribution in [0.4, 0.5) is 0 Å². The van der Waals surface area contributed by atoms with Crippen molar-refractivity contribution in [3.8, 4) is 0 Å². The maximum Gasteiger partial charge on any atom is 0.472 e. The highest BCUT2D eigenvalue weighted by Gasteiger charge is 2.28. The summed E-state index contributed by atoms with van der Waals surface area (Å²) in [6, 6.07) is -1.54. The van der Waals surface area contributed by atoms with E-state index in [1.165, 1.54) is 116 Å². The summed E-state index contributed by atoms with van der Waals surface area (Å²) in [5.41, 5.74) is 0. The second kappa shape index (κ2) is 39.1. The molecular formula is C43H82NO10P. The van der Waals surface area contributed by atoms with E-state index < -0.39 is 57.6 Å². The molecule has 324 valence electrons. The molecule has 3 unspecified atom stereocenters. The Balaban J connectivity index is 3.85. The number of ether oxygens (including phenoxy) is 1. The maximum absolute atomic E-state index is 12.3. The Bertz CT molecular complexity index is 995. The lowest BCUT2D eigenvalue weighted by Gasteiger charge is -2.18. The molecule has 0 aliphatic carbocycles. The van der Waals surface area contributed by atoms with Gasteiger partial charge in [-0.25, -0.2) is 9.36 Å². The number of carboxylic acid groups (broad SMARTS) is 1. The monoisotopic (exact) mass is 804 g/mol. The second-order valence-electron chi connectivity index (χ2n) is 15.2. The van der Waals surface area contributed by atoms with E-state index in [0.29, 0.717) is 12.8 Å². The van der Waals surface area contributed by atoms with Crippen LogP contribution < -0.4 is 5.32 Å². The van der Waals surface area contributed by atoms with Gasteiger partial charge in [-0.1, -0.05) is 180 Å². The molecule has 1 amide bonds. The average molecular weight is 804 g/mol. The zero-order valence-electron chi connectivity index (χ0n) is 35.0. The minimum absolute atomic E-state index is 0.151. The van der Waals surface area contributed by atoms with Crippen LogP contribution in [0.5, 0.6) is 0 Å². The van der Waals surface area contributed by atoms with Gasteiger partial charge < -0.3 is 25.2 Å². The van der Waals surface area contributed by atoms with Crippen molar-refractivity contribution in [1.82, 2.24) is 5.32 Å². The Hall–Kier alpha value is -1.78. The van der Waals surface area contributed by atoms with Crippen LogP contribution in [0.2, 0.25) is 0 Å². The van der Waals surface area contributed by atoms with Gasteiger partial charge in [0.15, 0.2) is 6.04 Å². The first-order chi connectivity index (χ1) is 26.6. The number of aliphatic hydroxyl groups excluding tert-OH is 1. The van der Waals surface area contributed by atoms with E-state index in [9.17, 15) is 34.1 Å². The fraction of sp³-hybridized carbons (Fsp3) is 0.884. The standard InChI is InChI=1S/C43H82NO10P/c1-3-5-7-9-11-13-15-16-17-18-19-20-21-22-23-25-26-28-30-32-34-41(46)44-40(43(48)49)38-54-55(50,51)53-37-39(45)36-52-42(47)35-33-31-29-27-24-14-12-10-8-6-4-2/h10,12,39-40,45H,3-9,11,13-38H2,1-2H3,(H,44,46)(H,48,49)(H,50,51)/b12-10-. The van der Waals surface area contributed by atoms with Gasteiger partial charge in [-0.05, 0) is 32.1 Å². The highest BCUT2D eigenvalue weighted by molar-refractivity contribution is 7.47. The number of hydrogen-bond acceptors (Lipinski definition) is 8. The van der Waals surface area contributed by atoms with Gasteiger partial charge >= 0.3 is 19.8 Å². The van der Waals surface area contributed by atoms with Crippen LogP contribution in [0.1, 0.15) is 213 Å². The predicted octanol–water partition coefficient (Wildman–Crippen LogP) is 11.3. The van der Waals surface area contributed by atoms with Crippen LogP contribution in [0.25, 0.3) is 0 Å². The van der Waals surface area contributed by atoms with E-state index in [-0.39, 0.29) is 12.8 Å². The summed E-state index contributed by atoms with van der Waals surface area (Å²) in [5.74, 6) is -2.37. The van der Waals surface area contributed by atoms with E-state index in [0.717, 1.165) is 57.8 Å². The number of unbranched alkanes of at least 4 members (excludes halogenated alkanes) is 26. The number of phosphoric acid groups is 1. The molecular weight excluding hydrogens is 721 g/mol. The van der Waals surface area contributed by atoms with Gasteiger partial charge in [-0.3, -0.25) is 18.6 Å². The number of carbonyl (C=O) groups excluding carboxylic acids is 2. The fourth-order valence-corrected chi connectivity index (χ4v) is 7.07. The molecule has 12 heteroatoms. The number of aliphatic hydroxyl groups is 1. The largest absolute Gasteiger partial charge is 0.480 e. The SMILES string of the molecule is CCCC/C=C\CCCCCCCC(=O)OCC(O)COP(=O)(O)OCC(NC(=O)CCCCCCCCCCCCCCCCCCCCCC)C(=O)O. The Labute approximate surface area is 335 Å². The summed E-state index contributed by atoms with van der Waals surface area (Å²) >= 11 is 0. The smallest absolute Gasteiger partial charge is 0.472 e. The summed E-state index contributed by atoms with van der Waals surface area (Å²) in [6.07, 6.45) is 38.1. The van der Waals surface area contributed by atoms with E-state index in [4.69, 9.17) is 13.8 Å². The lowest BCUT2D eigenvalue weighted by atomic mass is 10.0. The van der Waals surface area contributed by atoms with Crippen LogP contribution in [0.3, 0.4) is 0 Å². The zero-order chi connectivity index (χ0) is 40.7. The molecule has 0 fully saturated rings. The Morgan fingerprint density at radius 3 is 1.44 bits per heavy atom. The number of phosphoric ester groups is 1. The molecule has 3 atom stereocenters. The quantitative estimate of drug-likeness (QED) is 0.0202. The molecule has 0 bridgehead atoms. The van der Waals surface area contributed by atoms with Crippen LogP contribution in [-0.2, 0) is 32.7 Å². The maximum atomic E-state index is 12.3. The lowest BCUT2D eigenvalue weighted by Crippen LogP contribution is -2.43. The van der Waals surface area contributed by atoms with E-state index in [2.05, 4.69) is 31.3 Å². The van der Waals surface area contributed by atoms with E-state index in [1.54, 1.807) is 0 Å². The van der Waals surface area contributed by atoms with Gasteiger partial charge in [-0.2, -0.15) is 0 Å². The number of esters is 1. The molecule has 0 aromatic rings. The third-order valence-electron chi connectivity index (χ3n) is 9.80. The molecule has 0 aliphatic rings. The Morgan fingerprint density at radius 1 is 0.564 bits per heavy atom. The number of hydrogen-bond donors (Lipinski definition) is 4.